The van der Waals surface area contributed by atoms with Gasteiger partial charge in [0.05, 0.1) is 17.3 Å². The van der Waals surface area contributed by atoms with Crippen molar-refractivity contribution < 1.29 is 8.42 Å². The molecule has 1 aromatic heterocycles. The summed E-state index contributed by atoms with van der Waals surface area (Å²) in [6, 6.07) is 4.23. The highest BCUT2D eigenvalue weighted by molar-refractivity contribution is 7.89. The average Bonchev–Trinajstić information content (AvgIpc) is 3.16. The van der Waals surface area contributed by atoms with E-state index in [2.05, 4.69) is 37.6 Å². The molecule has 1 aliphatic heterocycles. The molecule has 0 spiro atoms. The van der Waals surface area contributed by atoms with E-state index in [1.807, 2.05) is 20.8 Å². The molecular weight excluding hydrogens is 370 g/mol. The number of nitrogens with zero attached hydrogens (tertiary/aromatic N) is 4. The van der Waals surface area contributed by atoms with E-state index < -0.39 is 10.0 Å². The van der Waals surface area contributed by atoms with Crippen LogP contribution in [0.2, 0.25) is 0 Å². The van der Waals surface area contributed by atoms with Crippen LogP contribution in [-0.2, 0) is 10.0 Å². The van der Waals surface area contributed by atoms with Gasteiger partial charge in [0.1, 0.15) is 0 Å². The maximum absolute atomic E-state index is 12.3. The Hall–Kier alpha value is -1.32. The fraction of sp³-hybridized carbons (Fsp3) is 0.706. The van der Waals surface area contributed by atoms with Crippen molar-refractivity contribution in [3.05, 3.63) is 17.5 Å². The largest absolute Gasteiger partial charge is 0.360 e. The van der Waals surface area contributed by atoms with Crippen molar-refractivity contribution in [1.29, 1.82) is 0 Å². The molecule has 0 atom stereocenters. The minimum atomic E-state index is -3.23. The van der Waals surface area contributed by atoms with Crippen LogP contribution in [0.3, 0.4) is 0 Å². The summed E-state index contributed by atoms with van der Waals surface area (Å²) in [6.07, 6.45) is 0. The Morgan fingerprint density at radius 3 is 2.46 bits per heavy atom. The minimum absolute atomic E-state index is 0.0543. The monoisotopic (exact) mass is 401 g/mol. The van der Waals surface area contributed by atoms with E-state index >= 15 is 0 Å². The highest BCUT2D eigenvalue weighted by atomic mass is 32.2. The zero-order chi connectivity index (χ0) is 19.0. The standard InChI is InChI=1S/C17H31N5O2S2/c1-4-18-17(19-9-15-26(23,24)22(5-2)6-3)21-12-10-20(11-13-21)16-8-7-14-25-16/h7-8,14H,4-6,9-13,15H2,1-3H3,(H,18,19). The number of hydrogen-bond acceptors (Lipinski definition) is 5. The van der Waals surface area contributed by atoms with Gasteiger partial charge in [0.15, 0.2) is 5.96 Å². The summed E-state index contributed by atoms with van der Waals surface area (Å²) >= 11 is 1.76. The molecule has 0 unspecified atom stereocenters. The first kappa shape index (κ1) is 21.0. The number of anilines is 1. The molecule has 0 radical (unpaired) electrons. The van der Waals surface area contributed by atoms with Crippen molar-refractivity contribution in [3.8, 4) is 0 Å². The van der Waals surface area contributed by atoms with Crippen LogP contribution in [0.4, 0.5) is 5.00 Å². The lowest BCUT2D eigenvalue weighted by atomic mass is 10.3. The zero-order valence-corrected chi connectivity index (χ0v) is 17.7. The number of hydrogen-bond donors (Lipinski definition) is 1. The highest BCUT2D eigenvalue weighted by Crippen LogP contribution is 2.22. The maximum atomic E-state index is 12.3. The first-order chi connectivity index (χ1) is 12.5. The summed E-state index contributed by atoms with van der Waals surface area (Å²) in [5, 5.41) is 6.70. The molecule has 0 aromatic carbocycles. The first-order valence-electron chi connectivity index (χ1n) is 9.31. The van der Waals surface area contributed by atoms with Crippen LogP contribution in [-0.4, -0.2) is 81.7 Å². The number of nitrogens with one attached hydrogen (secondary N) is 1. The second-order valence-corrected chi connectivity index (χ2v) is 9.08. The summed E-state index contributed by atoms with van der Waals surface area (Å²) < 4.78 is 26.1. The lowest BCUT2D eigenvalue weighted by molar-refractivity contribution is 0.373. The zero-order valence-electron chi connectivity index (χ0n) is 16.0. The van der Waals surface area contributed by atoms with Crippen molar-refractivity contribution in [2.24, 2.45) is 4.99 Å². The summed E-state index contributed by atoms with van der Waals surface area (Å²) in [5.41, 5.74) is 0. The molecule has 0 aliphatic carbocycles. The Bertz CT molecular complexity index is 649. The van der Waals surface area contributed by atoms with Gasteiger partial charge in [-0.15, -0.1) is 11.3 Å². The molecule has 0 amide bonds. The minimum Gasteiger partial charge on any atom is -0.360 e. The van der Waals surface area contributed by atoms with Gasteiger partial charge in [0.25, 0.3) is 0 Å². The number of aliphatic imine (C=N–C) groups is 1. The van der Waals surface area contributed by atoms with E-state index in [0.29, 0.717) is 13.1 Å². The van der Waals surface area contributed by atoms with Crippen molar-refractivity contribution in [2.75, 3.05) is 63.0 Å². The smallest absolute Gasteiger partial charge is 0.215 e. The topological polar surface area (TPSA) is 68.2 Å². The van der Waals surface area contributed by atoms with Gasteiger partial charge in [-0.05, 0) is 24.4 Å². The molecule has 9 heteroatoms. The number of piperazine rings is 1. The third-order valence-corrected chi connectivity index (χ3v) is 7.37. The predicted octanol–water partition coefficient (Wildman–Crippen LogP) is 1.51. The maximum Gasteiger partial charge on any atom is 0.215 e. The number of rotatable bonds is 8. The molecule has 1 aliphatic rings. The Morgan fingerprint density at radius 1 is 1.23 bits per heavy atom. The third kappa shape index (κ3) is 5.59. The third-order valence-electron chi connectivity index (χ3n) is 4.44. The fourth-order valence-electron chi connectivity index (χ4n) is 3.03. The first-order valence-corrected chi connectivity index (χ1v) is 11.8. The summed E-state index contributed by atoms with van der Waals surface area (Å²) in [7, 11) is -3.23. The van der Waals surface area contributed by atoms with E-state index in [-0.39, 0.29) is 12.3 Å². The van der Waals surface area contributed by atoms with Gasteiger partial charge in [-0.1, -0.05) is 13.8 Å². The van der Waals surface area contributed by atoms with Gasteiger partial charge >= 0.3 is 0 Å². The van der Waals surface area contributed by atoms with Crippen LogP contribution in [0.5, 0.6) is 0 Å². The van der Waals surface area contributed by atoms with Gasteiger partial charge in [-0.3, -0.25) is 4.99 Å². The Kier molecular flexibility index (Phi) is 8.17. The molecule has 0 saturated carbocycles. The molecule has 1 N–H and O–H groups in total. The molecule has 0 bridgehead atoms. The second-order valence-electron chi connectivity index (χ2n) is 6.06. The van der Waals surface area contributed by atoms with Crippen molar-refractivity contribution in [3.63, 3.8) is 0 Å². The van der Waals surface area contributed by atoms with Gasteiger partial charge < -0.3 is 15.1 Å². The summed E-state index contributed by atoms with van der Waals surface area (Å²) in [6.45, 7) is 11.5. The van der Waals surface area contributed by atoms with Crippen molar-refractivity contribution >= 4 is 32.3 Å². The Balaban J connectivity index is 1.93. The predicted molar refractivity (Wildman–Crippen MR) is 111 cm³/mol. The van der Waals surface area contributed by atoms with Gasteiger partial charge in [-0.2, -0.15) is 0 Å². The number of thiophene rings is 1. The molecule has 7 nitrogen and oxygen atoms in total. The molecule has 1 saturated heterocycles. The SMILES string of the molecule is CCNC(=NCCS(=O)(=O)N(CC)CC)N1CCN(c2cccs2)CC1. The van der Waals surface area contributed by atoms with Crippen molar-refractivity contribution in [1.82, 2.24) is 14.5 Å². The van der Waals surface area contributed by atoms with Crippen LogP contribution in [0, 0.1) is 0 Å². The van der Waals surface area contributed by atoms with Crippen LogP contribution < -0.4 is 10.2 Å². The van der Waals surface area contributed by atoms with E-state index in [4.69, 9.17) is 0 Å². The summed E-state index contributed by atoms with van der Waals surface area (Å²) in [4.78, 5) is 9.18. The molecular formula is C17H31N5O2S2. The van der Waals surface area contributed by atoms with Crippen LogP contribution in [0.15, 0.2) is 22.5 Å². The number of guanidine groups is 1. The Morgan fingerprint density at radius 2 is 1.92 bits per heavy atom. The van der Waals surface area contributed by atoms with Crippen LogP contribution >= 0.6 is 11.3 Å². The lowest BCUT2D eigenvalue weighted by Crippen LogP contribution is -2.52. The van der Waals surface area contributed by atoms with E-state index in [1.165, 1.54) is 9.31 Å². The van der Waals surface area contributed by atoms with Crippen LogP contribution in [0.1, 0.15) is 20.8 Å². The highest BCUT2D eigenvalue weighted by Gasteiger charge is 2.21. The van der Waals surface area contributed by atoms with Crippen molar-refractivity contribution in [2.45, 2.75) is 20.8 Å². The van der Waals surface area contributed by atoms with Crippen LogP contribution in [0.25, 0.3) is 0 Å². The fourth-order valence-corrected chi connectivity index (χ4v) is 5.18. The molecule has 1 aromatic rings. The normalized spacial score (nSPS) is 16.4. The van der Waals surface area contributed by atoms with E-state index in [1.54, 1.807) is 11.3 Å². The van der Waals surface area contributed by atoms with Gasteiger partial charge in [0, 0.05) is 45.8 Å². The lowest BCUT2D eigenvalue weighted by Gasteiger charge is -2.37. The summed E-state index contributed by atoms with van der Waals surface area (Å²) in [5.74, 6) is 0.867. The Labute approximate surface area is 161 Å². The molecule has 26 heavy (non-hydrogen) atoms. The molecule has 148 valence electrons. The van der Waals surface area contributed by atoms with E-state index in [9.17, 15) is 8.42 Å². The van der Waals surface area contributed by atoms with Gasteiger partial charge in [0.2, 0.25) is 10.0 Å². The average molecular weight is 402 g/mol. The van der Waals surface area contributed by atoms with E-state index in [0.717, 1.165) is 38.7 Å². The molecule has 2 heterocycles. The molecule has 2 rings (SSSR count). The van der Waals surface area contributed by atoms with Gasteiger partial charge in [-0.25, -0.2) is 12.7 Å². The quantitative estimate of drug-likeness (QED) is 0.528. The molecule has 1 fully saturated rings. The second kappa shape index (κ2) is 10.1. The number of sulfonamides is 1.